The normalized spacial score (nSPS) is 16.5. The predicted molar refractivity (Wildman–Crippen MR) is 125 cm³/mol. The van der Waals surface area contributed by atoms with E-state index in [1.807, 2.05) is 18.3 Å². The van der Waals surface area contributed by atoms with Gasteiger partial charge in [-0.3, -0.25) is 4.79 Å². The number of aliphatic hydroxyl groups excluding tert-OH is 1. The van der Waals surface area contributed by atoms with Crippen LogP contribution in [0, 0.1) is 5.82 Å². The molecule has 1 atom stereocenters. The van der Waals surface area contributed by atoms with Crippen molar-refractivity contribution < 1.29 is 14.2 Å². The Morgan fingerprint density at radius 1 is 1.30 bits per heavy atom. The number of ether oxygens (including phenoxy) is 1. The molecular formula is C24H22ClFN4O3. The molecule has 4 aromatic rings. The van der Waals surface area contributed by atoms with E-state index in [2.05, 4.69) is 14.9 Å². The largest absolute Gasteiger partial charge is 0.394 e. The number of hydrogen-bond acceptors (Lipinski definition) is 5. The Hall–Kier alpha value is -3.20. The lowest BCUT2D eigenvalue weighted by atomic mass is 10.1. The van der Waals surface area contributed by atoms with Crippen LogP contribution in [0.3, 0.4) is 0 Å². The molecule has 33 heavy (non-hydrogen) atoms. The number of nitrogens with zero attached hydrogens (tertiary/aromatic N) is 3. The van der Waals surface area contributed by atoms with Crippen LogP contribution in [0.25, 0.3) is 22.2 Å². The lowest BCUT2D eigenvalue weighted by Gasteiger charge is -2.33. The summed E-state index contributed by atoms with van der Waals surface area (Å²) in [5.74, 6) is -0.517. The van der Waals surface area contributed by atoms with E-state index in [1.165, 1.54) is 16.7 Å². The first-order valence-corrected chi connectivity index (χ1v) is 11.0. The molecule has 1 aliphatic rings. The standard InChI is InChI=1S/C24H22ClFN4O3/c25-21-3-1-2-16(23(21)26)12-30-5-4-15(8-22(30)32)20-11-28-24-19(20)9-17(10-27-24)29-6-7-33-18(13-29)14-31/h1-5,8-11,18,31H,6-7,12-14H2,(H,27,28). The summed E-state index contributed by atoms with van der Waals surface area (Å²) in [5, 5.41) is 10.3. The van der Waals surface area contributed by atoms with Crippen molar-refractivity contribution >= 4 is 28.3 Å². The number of benzene rings is 1. The Kier molecular flexibility index (Phi) is 5.88. The fourth-order valence-electron chi connectivity index (χ4n) is 4.13. The van der Waals surface area contributed by atoms with Gasteiger partial charge in [0.2, 0.25) is 0 Å². The lowest BCUT2D eigenvalue weighted by Crippen LogP contribution is -2.44. The number of anilines is 1. The summed E-state index contributed by atoms with van der Waals surface area (Å²) in [7, 11) is 0. The monoisotopic (exact) mass is 468 g/mol. The SMILES string of the molecule is O=c1cc(-c2c[nH]c3ncc(N4CCOC(CO)C4)cc23)ccn1Cc1cccc(Cl)c1F. The molecule has 170 valence electrons. The molecule has 1 fully saturated rings. The Balaban J connectivity index is 1.46. The number of morpholine rings is 1. The van der Waals surface area contributed by atoms with Gasteiger partial charge < -0.3 is 24.3 Å². The first-order valence-electron chi connectivity index (χ1n) is 10.6. The summed E-state index contributed by atoms with van der Waals surface area (Å²) in [6.45, 7) is 1.89. The average Bonchev–Trinajstić information content (AvgIpc) is 3.26. The van der Waals surface area contributed by atoms with E-state index in [0.717, 1.165) is 22.2 Å². The van der Waals surface area contributed by atoms with Crippen LogP contribution in [0.1, 0.15) is 5.56 Å². The van der Waals surface area contributed by atoms with Crippen LogP contribution in [0.2, 0.25) is 5.02 Å². The summed E-state index contributed by atoms with van der Waals surface area (Å²) in [6, 6.07) is 10.1. The molecule has 1 saturated heterocycles. The predicted octanol–water partition coefficient (Wildman–Crippen LogP) is 3.43. The van der Waals surface area contributed by atoms with E-state index in [1.54, 1.807) is 24.5 Å². The van der Waals surface area contributed by atoms with Crippen molar-refractivity contribution in [2.75, 3.05) is 31.2 Å². The zero-order valence-electron chi connectivity index (χ0n) is 17.7. The second kappa shape index (κ2) is 8.97. The van der Waals surface area contributed by atoms with E-state index in [4.69, 9.17) is 16.3 Å². The molecule has 1 unspecified atom stereocenters. The Morgan fingerprint density at radius 3 is 3.00 bits per heavy atom. The van der Waals surface area contributed by atoms with Crippen LogP contribution in [0.5, 0.6) is 0 Å². The molecule has 4 heterocycles. The quantitative estimate of drug-likeness (QED) is 0.469. The van der Waals surface area contributed by atoms with E-state index >= 15 is 0 Å². The van der Waals surface area contributed by atoms with Gasteiger partial charge in [0.25, 0.3) is 5.56 Å². The van der Waals surface area contributed by atoms with E-state index in [-0.39, 0.29) is 29.8 Å². The molecule has 1 aromatic carbocycles. The number of halogens is 2. The van der Waals surface area contributed by atoms with Crippen molar-refractivity contribution in [2.45, 2.75) is 12.6 Å². The molecule has 0 amide bonds. The molecule has 0 radical (unpaired) electrons. The smallest absolute Gasteiger partial charge is 0.251 e. The number of fused-ring (bicyclic) bond motifs is 1. The third-order valence-corrected chi connectivity index (χ3v) is 6.20. The van der Waals surface area contributed by atoms with Crippen molar-refractivity contribution in [2.24, 2.45) is 0 Å². The summed E-state index contributed by atoms with van der Waals surface area (Å²) < 4.78 is 21.2. The molecule has 9 heteroatoms. The summed E-state index contributed by atoms with van der Waals surface area (Å²) in [4.78, 5) is 22.6. The number of nitrogens with one attached hydrogen (secondary N) is 1. The number of hydrogen-bond donors (Lipinski definition) is 2. The van der Waals surface area contributed by atoms with Crippen molar-refractivity contribution in [3.05, 3.63) is 81.7 Å². The zero-order chi connectivity index (χ0) is 22.9. The highest BCUT2D eigenvalue weighted by Gasteiger charge is 2.21. The number of aliphatic hydroxyl groups is 1. The topological polar surface area (TPSA) is 83.4 Å². The van der Waals surface area contributed by atoms with Gasteiger partial charge in [0.05, 0.1) is 42.8 Å². The van der Waals surface area contributed by atoms with Gasteiger partial charge >= 0.3 is 0 Å². The van der Waals surface area contributed by atoms with Crippen LogP contribution in [0.4, 0.5) is 10.1 Å². The molecule has 2 N–H and O–H groups in total. The van der Waals surface area contributed by atoms with Gasteiger partial charge in [0.1, 0.15) is 11.5 Å². The Labute approximate surface area is 194 Å². The van der Waals surface area contributed by atoms with Gasteiger partial charge in [0.15, 0.2) is 0 Å². The molecule has 3 aromatic heterocycles. The number of aromatic nitrogens is 3. The molecule has 7 nitrogen and oxygen atoms in total. The Bertz CT molecular complexity index is 1370. The average molecular weight is 469 g/mol. The number of aromatic amines is 1. The second-order valence-electron chi connectivity index (χ2n) is 8.01. The maximum atomic E-state index is 14.3. The van der Waals surface area contributed by atoms with Gasteiger partial charge in [-0.2, -0.15) is 0 Å². The minimum atomic E-state index is -0.517. The maximum absolute atomic E-state index is 14.3. The summed E-state index contributed by atoms with van der Waals surface area (Å²) in [6.07, 6.45) is 5.05. The van der Waals surface area contributed by atoms with Gasteiger partial charge in [-0.25, -0.2) is 9.37 Å². The fourth-order valence-corrected chi connectivity index (χ4v) is 4.32. The minimum absolute atomic E-state index is 0.0308. The van der Waals surface area contributed by atoms with Crippen LogP contribution in [-0.4, -0.2) is 52.0 Å². The van der Waals surface area contributed by atoms with Crippen LogP contribution >= 0.6 is 11.6 Å². The lowest BCUT2D eigenvalue weighted by molar-refractivity contribution is 0.00356. The number of pyridine rings is 2. The van der Waals surface area contributed by atoms with Crippen molar-refractivity contribution in [3.8, 4) is 11.1 Å². The van der Waals surface area contributed by atoms with Crippen LogP contribution in [0.15, 0.2) is 59.8 Å². The van der Waals surface area contributed by atoms with Gasteiger partial charge in [-0.15, -0.1) is 0 Å². The van der Waals surface area contributed by atoms with E-state index in [0.29, 0.717) is 30.9 Å². The summed E-state index contributed by atoms with van der Waals surface area (Å²) in [5.41, 5.74) is 3.34. The highest BCUT2D eigenvalue weighted by atomic mass is 35.5. The zero-order valence-corrected chi connectivity index (χ0v) is 18.4. The third kappa shape index (κ3) is 4.25. The highest BCUT2D eigenvalue weighted by molar-refractivity contribution is 6.30. The highest BCUT2D eigenvalue weighted by Crippen LogP contribution is 2.30. The van der Waals surface area contributed by atoms with Gasteiger partial charge in [-0.05, 0) is 23.8 Å². The van der Waals surface area contributed by atoms with E-state index < -0.39 is 5.82 Å². The fraction of sp³-hybridized carbons (Fsp3) is 0.250. The molecule has 0 bridgehead atoms. The number of H-pyrrole nitrogens is 1. The van der Waals surface area contributed by atoms with Crippen LogP contribution in [-0.2, 0) is 11.3 Å². The summed E-state index contributed by atoms with van der Waals surface area (Å²) >= 11 is 5.86. The first-order chi connectivity index (χ1) is 16.0. The third-order valence-electron chi connectivity index (χ3n) is 5.90. The molecule has 1 aliphatic heterocycles. The van der Waals surface area contributed by atoms with Gasteiger partial charge in [-0.1, -0.05) is 23.7 Å². The molecule has 0 aliphatic carbocycles. The molecule has 0 saturated carbocycles. The van der Waals surface area contributed by atoms with Crippen LogP contribution < -0.4 is 10.5 Å². The number of rotatable bonds is 5. The van der Waals surface area contributed by atoms with E-state index in [9.17, 15) is 14.3 Å². The first kappa shape index (κ1) is 21.6. The molecular weight excluding hydrogens is 447 g/mol. The minimum Gasteiger partial charge on any atom is -0.394 e. The van der Waals surface area contributed by atoms with Crippen molar-refractivity contribution in [1.82, 2.24) is 14.5 Å². The maximum Gasteiger partial charge on any atom is 0.251 e. The Morgan fingerprint density at radius 2 is 2.18 bits per heavy atom. The van der Waals surface area contributed by atoms with Crippen molar-refractivity contribution in [1.29, 1.82) is 0 Å². The molecule has 0 spiro atoms. The van der Waals surface area contributed by atoms with Crippen molar-refractivity contribution in [3.63, 3.8) is 0 Å². The molecule has 5 rings (SSSR count). The van der Waals surface area contributed by atoms with Gasteiger partial charge in [0, 0.05) is 48.1 Å². The second-order valence-corrected chi connectivity index (χ2v) is 8.42.